The first kappa shape index (κ1) is 19.9. The average molecular weight is 445 g/mol. The number of anilines is 2. The zero-order valence-corrected chi connectivity index (χ0v) is 18.0. The van der Waals surface area contributed by atoms with E-state index in [-0.39, 0.29) is 5.91 Å². The molecule has 2 N–H and O–H groups in total. The Balaban J connectivity index is 1.37. The predicted octanol–water partition coefficient (Wildman–Crippen LogP) is 3.30. The van der Waals surface area contributed by atoms with Gasteiger partial charge in [-0.15, -0.1) is 0 Å². The van der Waals surface area contributed by atoms with Gasteiger partial charge in [-0.3, -0.25) is 4.79 Å². The minimum absolute atomic E-state index is 0.0856. The number of morpholine rings is 1. The molecule has 1 amide bonds. The molecule has 9 heteroatoms. The van der Waals surface area contributed by atoms with E-state index in [1.54, 1.807) is 17.2 Å². The molecule has 0 spiro atoms. The van der Waals surface area contributed by atoms with Gasteiger partial charge in [0.2, 0.25) is 0 Å². The Hall–Kier alpha value is -3.77. The number of fused-ring (bicyclic) bond motifs is 2. The van der Waals surface area contributed by atoms with Crippen LogP contribution in [0, 0.1) is 11.3 Å². The molecule has 1 saturated carbocycles. The van der Waals surface area contributed by atoms with Crippen LogP contribution in [-0.4, -0.2) is 60.3 Å². The van der Waals surface area contributed by atoms with Crippen molar-refractivity contribution >= 4 is 28.4 Å². The number of benzene rings is 1. The largest absolute Gasteiger partial charge is 0.485 e. The third-order valence-electron chi connectivity index (χ3n) is 6.29. The molecule has 9 nitrogen and oxygen atoms in total. The van der Waals surface area contributed by atoms with Gasteiger partial charge < -0.3 is 29.4 Å². The fourth-order valence-corrected chi connectivity index (χ4v) is 4.51. The summed E-state index contributed by atoms with van der Waals surface area (Å²) >= 11 is 0. The normalized spacial score (nSPS) is 17.6. The summed E-state index contributed by atoms with van der Waals surface area (Å²) in [6, 6.07) is 7.87. The standard InChI is InChI=1S/C24H23N5O4/c25-12-15-13-26-23-20(15)17(14-1-2-14)11-19(28-23)27-18-4-3-16(21-22(18)33-10-9-32-21)24(30)29-5-7-31-8-6-29/h3-4,11,13-14H,1-2,5-10H2,(H2,26,27,28). The Kier molecular flexibility index (Phi) is 4.80. The Morgan fingerprint density at radius 1 is 1.15 bits per heavy atom. The summed E-state index contributed by atoms with van der Waals surface area (Å²) in [7, 11) is 0. The third-order valence-corrected chi connectivity index (χ3v) is 6.29. The van der Waals surface area contributed by atoms with Crippen LogP contribution in [-0.2, 0) is 4.74 Å². The number of hydrogen-bond acceptors (Lipinski definition) is 7. The number of hydrogen-bond donors (Lipinski definition) is 2. The van der Waals surface area contributed by atoms with Crippen molar-refractivity contribution in [1.29, 1.82) is 5.26 Å². The highest BCUT2D eigenvalue weighted by molar-refractivity contribution is 5.99. The van der Waals surface area contributed by atoms with Gasteiger partial charge in [0, 0.05) is 24.7 Å². The monoisotopic (exact) mass is 445 g/mol. The molecule has 2 fully saturated rings. The molecule has 6 rings (SSSR count). The summed E-state index contributed by atoms with van der Waals surface area (Å²) < 4.78 is 17.2. The van der Waals surface area contributed by atoms with Gasteiger partial charge >= 0.3 is 0 Å². The number of carbonyl (C=O) groups is 1. The van der Waals surface area contributed by atoms with E-state index in [9.17, 15) is 10.1 Å². The van der Waals surface area contributed by atoms with Gasteiger partial charge in [0.15, 0.2) is 11.5 Å². The van der Waals surface area contributed by atoms with E-state index in [0.29, 0.717) is 85.2 Å². The molecular formula is C24H23N5O4. The number of H-pyrrole nitrogens is 1. The fraction of sp³-hybridized carbons (Fsp3) is 0.375. The first-order valence-corrected chi connectivity index (χ1v) is 11.2. The van der Waals surface area contributed by atoms with Gasteiger partial charge in [-0.25, -0.2) is 4.98 Å². The highest BCUT2D eigenvalue weighted by atomic mass is 16.6. The highest BCUT2D eigenvalue weighted by Crippen LogP contribution is 2.46. The smallest absolute Gasteiger partial charge is 0.257 e. The Morgan fingerprint density at radius 2 is 1.94 bits per heavy atom. The number of aromatic nitrogens is 2. The number of nitrogens with zero attached hydrogens (tertiary/aromatic N) is 3. The van der Waals surface area contributed by atoms with Crippen LogP contribution in [0.3, 0.4) is 0 Å². The lowest BCUT2D eigenvalue weighted by Gasteiger charge is -2.29. The summed E-state index contributed by atoms with van der Waals surface area (Å²) in [6.07, 6.45) is 3.93. The fourth-order valence-electron chi connectivity index (χ4n) is 4.51. The van der Waals surface area contributed by atoms with Crippen molar-refractivity contribution in [1.82, 2.24) is 14.9 Å². The van der Waals surface area contributed by atoms with Crippen molar-refractivity contribution in [3.05, 3.63) is 41.1 Å². The molecule has 0 bridgehead atoms. The van der Waals surface area contributed by atoms with Crippen molar-refractivity contribution in [3.63, 3.8) is 0 Å². The summed E-state index contributed by atoms with van der Waals surface area (Å²) in [4.78, 5) is 22.7. The lowest BCUT2D eigenvalue weighted by atomic mass is 10.1. The van der Waals surface area contributed by atoms with Gasteiger partial charge in [0.1, 0.15) is 30.7 Å². The maximum absolute atomic E-state index is 13.1. The molecule has 1 aliphatic carbocycles. The van der Waals surface area contributed by atoms with Crippen molar-refractivity contribution in [2.45, 2.75) is 18.8 Å². The Morgan fingerprint density at radius 3 is 2.70 bits per heavy atom. The summed E-state index contributed by atoms with van der Waals surface area (Å²) in [5.41, 5.74) is 3.60. The zero-order valence-electron chi connectivity index (χ0n) is 18.0. The number of aromatic amines is 1. The lowest BCUT2D eigenvalue weighted by Crippen LogP contribution is -2.41. The number of carbonyl (C=O) groups excluding carboxylic acids is 1. The molecule has 0 atom stereocenters. The minimum atomic E-state index is -0.0856. The topological polar surface area (TPSA) is 112 Å². The van der Waals surface area contributed by atoms with Crippen molar-refractivity contribution in [2.24, 2.45) is 0 Å². The first-order valence-electron chi connectivity index (χ1n) is 11.2. The number of nitrogens with one attached hydrogen (secondary N) is 2. The quantitative estimate of drug-likeness (QED) is 0.634. The Labute approximate surface area is 190 Å². The van der Waals surface area contributed by atoms with E-state index < -0.39 is 0 Å². The molecule has 2 aromatic heterocycles. The molecular weight excluding hydrogens is 422 g/mol. The minimum Gasteiger partial charge on any atom is -0.485 e. The van der Waals surface area contributed by atoms with Crippen LogP contribution >= 0.6 is 0 Å². The summed E-state index contributed by atoms with van der Waals surface area (Å²) in [5.74, 6) is 1.98. The molecule has 1 aromatic carbocycles. The number of nitriles is 1. The number of pyridine rings is 1. The number of ether oxygens (including phenoxy) is 3. The zero-order chi connectivity index (χ0) is 22.4. The first-order chi connectivity index (χ1) is 16.2. The summed E-state index contributed by atoms with van der Waals surface area (Å²) in [5, 5.41) is 13.7. The second-order valence-electron chi connectivity index (χ2n) is 8.45. The maximum atomic E-state index is 13.1. The SMILES string of the molecule is N#Cc1c[nH]c2nc(Nc3ccc(C(=O)N4CCOCC4)c4c3OCCO4)cc(C3CC3)c12. The molecule has 2 aliphatic heterocycles. The van der Waals surface area contributed by atoms with Gasteiger partial charge in [-0.05, 0) is 42.5 Å². The van der Waals surface area contributed by atoms with Crippen LogP contribution in [0.2, 0.25) is 0 Å². The van der Waals surface area contributed by atoms with Crippen molar-refractivity contribution < 1.29 is 19.0 Å². The van der Waals surface area contributed by atoms with Crippen LogP contribution < -0.4 is 14.8 Å². The number of amides is 1. The highest BCUT2D eigenvalue weighted by Gasteiger charge is 2.30. The molecule has 3 aliphatic rings. The van der Waals surface area contributed by atoms with E-state index in [4.69, 9.17) is 14.2 Å². The summed E-state index contributed by atoms with van der Waals surface area (Å²) in [6.45, 7) is 2.98. The maximum Gasteiger partial charge on any atom is 0.257 e. The van der Waals surface area contributed by atoms with E-state index in [1.165, 1.54) is 0 Å². The van der Waals surface area contributed by atoms with Crippen LogP contribution in [0.25, 0.3) is 11.0 Å². The van der Waals surface area contributed by atoms with Crippen LogP contribution in [0.5, 0.6) is 11.5 Å². The lowest BCUT2D eigenvalue weighted by molar-refractivity contribution is 0.0298. The number of rotatable bonds is 4. The van der Waals surface area contributed by atoms with Crippen LogP contribution in [0.1, 0.15) is 40.2 Å². The molecule has 3 aromatic rings. The van der Waals surface area contributed by atoms with E-state index in [0.717, 1.165) is 23.8 Å². The third kappa shape index (κ3) is 3.52. The van der Waals surface area contributed by atoms with Gasteiger partial charge in [0.05, 0.1) is 30.0 Å². The van der Waals surface area contributed by atoms with Gasteiger partial charge in [-0.1, -0.05) is 0 Å². The van der Waals surface area contributed by atoms with Crippen LogP contribution in [0.4, 0.5) is 11.5 Å². The predicted molar refractivity (Wildman–Crippen MR) is 120 cm³/mol. The molecule has 4 heterocycles. The molecule has 168 valence electrons. The second kappa shape index (κ2) is 7.98. The van der Waals surface area contributed by atoms with Gasteiger partial charge in [-0.2, -0.15) is 5.26 Å². The van der Waals surface area contributed by atoms with E-state index >= 15 is 0 Å². The second-order valence-corrected chi connectivity index (χ2v) is 8.45. The molecule has 0 radical (unpaired) electrons. The molecule has 33 heavy (non-hydrogen) atoms. The van der Waals surface area contributed by atoms with Crippen LogP contribution in [0.15, 0.2) is 24.4 Å². The van der Waals surface area contributed by atoms with Gasteiger partial charge in [0.25, 0.3) is 5.91 Å². The molecule has 0 unspecified atom stereocenters. The molecule has 1 saturated heterocycles. The van der Waals surface area contributed by atoms with Crippen molar-refractivity contribution in [3.8, 4) is 17.6 Å². The van der Waals surface area contributed by atoms with E-state index in [1.807, 2.05) is 12.1 Å². The van der Waals surface area contributed by atoms with E-state index in [2.05, 4.69) is 21.4 Å². The Bertz CT molecular complexity index is 1280. The average Bonchev–Trinajstić information content (AvgIpc) is 3.63. The van der Waals surface area contributed by atoms with Crippen molar-refractivity contribution in [2.75, 3.05) is 44.8 Å².